The average molecular weight is 546 g/mol. The van der Waals surface area contributed by atoms with Crippen molar-refractivity contribution in [3.8, 4) is 0 Å². The number of hydrogen-bond acceptors (Lipinski definition) is 2. The second kappa shape index (κ2) is 11.7. The monoisotopic (exact) mass is 546 g/mol. The van der Waals surface area contributed by atoms with E-state index in [1.54, 1.807) is 18.3 Å². The SMILES string of the molecule is CCNC(=NCc1ccc(Cn2ccnc2)cc1)NCCc1c[nH]c2ccc(F)cc12.I. The molecule has 0 fully saturated rings. The highest BCUT2D eigenvalue weighted by molar-refractivity contribution is 14.0. The fraction of sp³-hybridized carbons (Fsp3) is 0.250. The van der Waals surface area contributed by atoms with E-state index in [4.69, 9.17) is 4.99 Å². The van der Waals surface area contributed by atoms with Gasteiger partial charge in [0.25, 0.3) is 0 Å². The Morgan fingerprint density at radius 2 is 1.94 bits per heavy atom. The lowest BCUT2D eigenvalue weighted by Crippen LogP contribution is -2.38. The quantitative estimate of drug-likeness (QED) is 0.174. The highest BCUT2D eigenvalue weighted by atomic mass is 127. The normalized spacial score (nSPS) is 11.4. The van der Waals surface area contributed by atoms with Crippen LogP contribution in [-0.4, -0.2) is 33.6 Å². The Hall–Kier alpha value is -2.88. The van der Waals surface area contributed by atoms with Gasteiger partial charge in [-0.15, -0.1) is 24.0 Å². The zero-order chi connectivity index (χ0) is 21.5. The van der Waals surface area contributed by atoms with Gasteiger partial charge in [0.2, 0.25) is 0 Å². The van der Waals surface area contributed by atoms with Gasteiger partial charge in [-0.2, -0.15) is 0 Å². The van der Waals surface area contributed by atoms with Crippen molar-refractivity contribution in [2.24, 2.45) is 4.99 Å². The maximum absolute atomic E-state index is 13.6. The molecule has 0 saturated heterocycles. The number of halogens is 2. The summed E-state index contributed by atoms with van der Waals surface area (Å²) in [7, 11) is 0. The third kappa shape index (κ3) is 6.32. The molecule has 0 amide bonds. The van der Waals surface area contributed by atoms with E-state index < -0.39 is 0 Å². The molecule has 168 valence electrons. The van der Waals surface area contributed by atoms with Crippen LogP contribution in [-0.2, 0) is 19.5 Å². The van der Waals surface area contributed by atoms with Crippen LogP contribution in [0.15, 0.2) is 72.4 Å². The van der Waals surface area contributed by atoms with Gasteiger partial charge in [0.1, 0.15) is 5.82 Å². The molecule has 0 unspecified atom stereocenters. The summed E-state index contributed by atoms with van der Waals surface area (Å²) in [6, 6.07) is 13.3. The molecule has 0 aliphatic rings. The second-order valence-electron chi connectivity index (χ2n) is 7.43. The lowest BCUT2D eigenvalue weighted by atomic mass is 10.1. The zero-order valence-electron chi connectivity index (χ0n) is 18.0. The van der Waals surface area contributed by atoms with Crippen LogP contribution in [0.25, 0.3) is 10.9 Å². The molecule has 0 aliphatic heterocycles. The van der Waals surface area contributed by atoms with Crippen molar-refractivity contribution >= 4 is 40.8 Å². The number of fused-ring (bicyclic) bond motifs is 1. The summed E-state index contributed by atoms with van der Waals surface area (Å²) < 4.78 is 15.6. The van der Waals surface area contributed by atoms with Gasteiger partial charge in [-0.3, -0.25) is 0 Å². The Bertz CT molecular complexity index is 1140. The van der Waals surface area contributed by atoms with Gasteiger partial charge in [-0.1, -0.05) is 24.3 Å². The van der Waals surface area contributed by atoms with Crippen molar-refractivity contribution in [2.45, 2.75) is 26.4 Å². The van der Waals surface area contributed by atoms with Crippen molar-refractivity contribution in [2.75, 3.05) is 13.1 Å². The first-order valence-electron chi connectivity index (χ1n) is 10.5. The van der Waals surface area contributed by atoms with Crippen LogP contribution in [0.5, 0.6) is 0 Å². The van der Waals surface area contributed by atoms with Crippen LogP contribution < -0.4 is 10.6 Å². The third-order valence-corrected chi connectivity index (χ3v) is 5.13. The Morgan fingerprint density at radius 1 is 1.12 bits per heavy atom. The van der Waals surface area contributed by atoms with Crippen LogP contribution in [0.2, 0.25) is 0 Å². The van der Waals surface area contributed by atoms with Crippen LogP contribution in [0, 0.1) is 5.82 Å². The number of imidazole rings is 1. The lowest BCUT2D eigenvalue weighted by molar-refractivity contribution is 0.629. The molecule has 0 bridgehead atoms. The molecule has 0 saturated carbocycles. The van der Waals surface area contributed by atoms with E-state index in [2.05, 4.69) is 44.9 Å². The van der Waals surface area contributed by atoms with Crippen molar-refractivity contribution < 1.29 is 4.39 Å². The summed E-state index contributed by atoms with van der Waals surface area (Å²) in [6.07, 6.45) is 8.28. The standard InChI is InChI=1S/C24H27FN6.HI/c1-2-27-24(28-10-9-20-15-29-23-8-7-21(25)13-22(20)23)30-14-18-3-5-19(6-4-18)16-31-12-11-26-17-31;/h3-8,11-13,15,17,29H,2,9-10,14,16H2,1H3,(H2,27,28,30);1H. The highest BCUT2D eigenvalue weighted by Gasteiger charge is 2.05. The zero-order valence-corrected chi connectivity index (χ0v) is 20.3. The number of aliphatic imine (C=N–C) groups is 1. The molecule has 0 aliphatic carbocycles. The topological polar surface area (TPSA) is 70.0 Å². The molecule has 0 spiro atoms. The molecule has 2 heterocycles. The Balaban J connectivity index is 0.00000289. The van der Waals surface area contributed by atoms with Crippen LogP contribution >= 0.6 is 24.0 Å². The van der Waals surface area contributed by atoms with E-state index in [0.29, 0.717) is 13.1 Å². The molecule has 4 aromatic rings. The molecule has 4 rings (SSSR count). The van der Waals surface area contributed by atoms with Crippen LogP contribution in [0.3, 0.4) is 0 Å². The number of nitrogens with one attached hydrogen (secondary N) is 3. The van der Waals surface area contributed by atoms with Crippen LogP contribution in [0.4, 0.5) is 4.39 Å². The summed E-state index contributed by atoms with van der Waals surface area (Å²) in [5.41, 5.74) is 4.42. The van der Waals surface area contributed by atoms with Gasteiger partial charge in [-0.05, 0) is 48.2 Å². The predicted octanol–water partition coefficient (Wildman–Crippen LogP) is 4.47. The van der Waals surface area contributed by atoms with Crippen molar-refractivity contribution in [3.63, 3.8) is 0 Å². The minimum absolute atomic E-state index is 0. The summed E-state index contributed by atoms with van der Waals surface area (Å²) in [6.45, 7) is 4.95. The lowest BCUT2D eigenvalue weighted by Gasteiger charge is -2.11. The van der Waals surface area contributed by atoms with Crippen molar-refractivity contribution in [1.82, 2.24) is 25.2 Å². The maximum atomic E-state index is 13.6. The first kappa shape index (κ1) is 23.8. The number of benzene rings is 2. The van der Waals surface area contributed by atoms with Gasteiger partial charge in [0.05, 0.1) is 12.9 Å². The highest BCUT2D eigenvalue weighted by Crippen LogP contribution is 2.19. The summed E-state index contributed by atoms with van der Waals surface area (Å²) in [4.78, 5) is 12.0. The largest absolute Gasteiger partial charge is 0.361 e. The van der Waals surface area contributed by atoms with E-state index in [1.165, 1.54) is 11.6 Å². The fourth-order valence-corrected chi connectivity index (χ4v) is 3.53. The molecular formula is C24H28FIN6. The Morgan fingerprint density at radius 3 is 2.69 bits per heavy atom. The van der Waals surface area contributed by atoms with E-state index in [1.807, 2.05) is 30.2 Å². The van der Waals surface area contributed by atoms with Crippen molar-refractivity contribution in [3.05, 3.63) is 89.9 Å². The molecule has 2 aromatic carbocycles. The van der Waals surface area contributed by atoms with Crippen molar-refractivity contribution in [1.29, 1.82) is 0 Å². The van der Waals surface area contributed by atoms with E-state index >= 15 is 0 Å². The summed E-state index contributed by atoms with van der Waals surface area (Å²) >= 11 is 0. The maximum Gasteiger partial charge on any atom is 0.191 e. The van der Waals surface area contributed by atoms with Gasteiger partial charge >= 0.3 is 0 Å². The Labute approximate surface area is 204 Å². The van der Waals surface area contributed by atoms with E-state index in [-0.39, 0.29) is 29.8 Å². The van der Waals surface area contributed by atoms with E-state index in [9.17, 15) is 4.39 Å². The first-order valence-corrected chi connectivity index (χ1v) is 10.5. The number of H-pyrrole nitrogens is 1. The molecule has 32 heavy (non-hydrogen) atoms. The number of hydrogen-bond donors (Lipinski definition) is 3. The molecule has 0 atom stereocenters. The van der Waals surface area contributed by atoms with Gasteiger partial charge in [-0.25, -0.2) is 14.4 Å². The Kier molecular flexibility index (Phi) is 8.66. The molecule has 3 N–H and O–H groups in total. The minimum Gasteiger partial charge on any atom is -0.361 e. The second-order valence-corrected chi connectivity index (χ2v) is 7.43. The summed E-state index contributed by atoms with van der Waals surface area (Å²) in [5, 5.41) is 7.58. The first-order chi connectivity index (χ1) is 15.2. The third-order valence-electron chi connectivity index (χ3n) is 5.13. The molecule has 2 aromatic heterocycles. The molecular weight excluding hydrogens is 518 g/mol. The van der Waals surface area contributed by atoms with Gasteiger partial charge < -0.3 is 20.2 Å². The minimum atomic E-state index is -0.216. The molecule has 0 radical (unpaired) electrons. The molecule has 8 heteroatoms. The predicted molar refractivity (Wildman–Crippen MR) is 138 cm³/mol. The number of guanidine groups is 1. The van der Waals surface area contributed by atoms with Gasteiger partial charge in [0.15, 0.2) is 5.96 Å². The fourth-order valence-electron chi connectivity index (χ4n) is 3.53. The number of aromatic nitrogens is 3. The molecule has 6 nitrogen and oxygen atoms in total. The average Bonchev–Trinajstić information content (AvgIpc) is 3.43. The van der Waals surface area contributed by atoms with Gasteiger partial charge in [0, 0.05) is 49.1 Å². The smallest absolute Gasteiger partial charge is 0.191 e. The van der Waals surface area contributed by atoms with E-state index in [0.717, 1.165) is 47.5 Å². The number of nitrogens with zero attached hydrogens (tertiary/aromatic N) is 3. The number of rotatable bonds is 8. The van der Waals surface area contributed by atoms with Crippen LogP contribution in [0.1, 0.15) is 23.6 Å². The summed E-state index contributed by atoms with van der Waals surface area (Å²) in [5.74, 6) is 0.559. The number of aromatic amines is 1.